The van der Waals surface area contributed by atoms with Gasteiger partial charge in [-0.05, 0) is 25.3 Å². The Morgan fingerprint density at radius 3 is 2.71 bits per heavy atom. The molecule has 4 nitrogen and oxygen atoms in total. The number of aryl methyl sites for hydroxylation is 1. The van der Waals surface area contributed by atoms with Gasteiger partial charge in [0.15, 0.2) is 11.9 Å². The third kappa shape index (κ3) is 4.00. The Balaban J connectivity index is 0.00000144. The fourth-order valence-corrected chi connectivity index (χ4v) is 1.86. The summed E-state index contributed by atoms with van der Waals surface area (Å²) in [6.45, 7) is 1.63. The quantitative estimate of drug-likeness (QED) is 0.592. The van der Waals surface area contributed by atoms with E-state index in [4.69, 9.17) is 4.74 Å². The zero-order valence-electron chi connectivity index (χ0n) is 9.93. The monoisotopic (exact) mass is 300 g/mol. The third-order valence-corrected chi connectivity index (χ3v) is 2.73. The van der Waals surface area contributed by atoms with Gasteiger partial charge in [-0.25, -0.2) is 9.36 Å². The van der Waals surface area contributed by atoms with Gasteiger partial charge in [-0.1, -0.05) is 0 Å². The Hall–Kier alpha value is -1.10. The Morgan fingerprint density at radius 2 is 2.06 bits per heavy atom. The van der Waals surface area contributed by atoms with Crippen molar-refractivity contribution in [1.29, 1.82) is 0 Å². The summed E-state index contributed by atoms with van der Waals surface area (Å²) in [5, 5.41) is 0. The van der Waals surface area contributed by atoms with E-state index >= 15 is 0 Å². The summed E-state index contributed by atoms with van der Waals surface area (Å²) < 4.78 is 7.16. The smallest absolute Gasteiger partial charge is 0.415 e. The normalized spacial score (nSPS) is 15.0. The Morgan fingerprint density at radius 1 is 1.35 bits per heavy atom. The number of carbonyl (C=O) groups excluding carboxylic acids is 1. The first-order valence-corrected chi connectivity index (χ1v) is 5.68. The summed E-state index contributed by atoms with van der Waals surface area (Å²) in [5.41, 5.74) is 0. The number of amides is 1. The van der Waals surface area contributed by atoms with Crippen LogP contribution in [0, 0.1) is 0 Å². The van der Waals surface area contributed by atoms with Gasteiger partial charge in [0.1, 0.15) is 7.05 Å². The van der Waals surface area contributed by atoms with Gasteiger partial charge in [-0.15, -0.1) is 0 Å². The highest BCUT2D eigenvalue weighted by atomic mass is 79.9. The van der Waals surface area contributed by atoms with Crippen molar-refractivity contribution >= 4 is 6.09 Å². The molecule has 17 heavy (non-hydrogen) atoms. The van der Waals surface area contributed by atoms with E-state index < -0.39 is 0 Å². The van der Waals surface area contributed by atoms with E-state index in [0.717, 1.165) is 25.9 Å². The van der Waals surface area contributed by atoms with E-state index in [2.05, 4.69) is 0 Å². The molecule has 1 fully saturated rings. The number of pyridine rings is 1. The van der Waals surface area contributed by atoms with Gasteiger partial charge in [-0.3, -0.25) is 0 Å². The van der Waals surface area contributed by atoms with E-state index in [-0.39, 0.29) is 23.1 Å². The highest BCUT2D eigenvalue weighted by molar-refractivity contribution is 5.70. The molecule has 0 bridgehead atoms. The lowest BCUT2D eigenvalue weighted by Crippen LogP contribution is -3.00. The molecule has 1 aromatic rings. The molecule has 1 aliphatic rings. The molecule has 0 N–H and O–H groups in total. The Labute approximate surface area is 112 Å². The Bertz CT molecular complexity index is 379. The van der Waals surface area contributed by atoms with Crippen LogP contribution in [0.15, 0.2) is 24.5 Å². The summed E-state index contributed by atoms with van der Waals surface area (Å²) in [5.74, 6) is 0.598. The molecular formula is C12H17BrN2O2. The van der Waals surface area contributed by atoms with Gasteiger partial charge >= 0.3 is 6.09 Å². The topological polar surface area (TPSA) is 33.4 Å². The largest absolute Gasteiger partial charge is 1.00 e. The van der Waals surface area contributed by atoms with Crippen molar-refractivity contribution in [3.8, 4) is 5.75 Å². The minimum absolute atomic E-state index is 0. The van der Waals surface area contributed by atoms with Crippen molar-refractivity contribution in [1.82, 2.24) is 4.90 Å². The highest BCUT2D eigenvalue weighted by Gasteiger charge is 2.18. The van der Waals surface area contributed by atoms with Gasteiger partial charge in [0.05, 0.1) is 0 Å². The number of ether oxygens (including phenoxy) is 1. The van der Waals surface area contributed by atoms with Crippen molar-refractivity contribution in [3.05, 3.63) is 24.5 Å². The maximum absolute atomic E-state index is 11.8. The fraction of sp³-hybridized carbons (Fsp3) is 0.500. The predicted molar refractivity (Wildman–Crippen MR) is 59.1 cm³/mol. The van der Waals surface area contributed by atoms with Crippen LogP contribution in [-0.4, -0.2) is 24.1 Å². The lowest BCUT2D eigenvalue weighted by molar-refractivity contribution is -0.671. The average Bonchev–Trinajstić information content (AvgIpc) is 2.30. The second-order valence-electron chi connectivity index (χ2n) is 4.12. The van der Waals surface area contributed by atoms with Crippen LogP contribution in [0.1, 0.15) is 19.3 Å². The number of halogens is 1. The first kappa shape index (κ1) is 14.0. The van der Waals surface area contributed by atoms with E-state index in [9.17, 15) is 4.79 Å². The van der Waals surface area contributed by atoms with Crippen LogP contribution < -0.4 is 26.3 Å². The third-order valence-electron chi connectivity index (χ3n) is 2.73. The molecule has 5 heteroatoms. The summed E-state index contributed by atoms with van der Waals surface area (Å²) in [6, 6.07) is 3.65. The van der Waals surface area contributed by atoms with Crippen molar-refractivity contribution in [3.63, 3.8) is 0 Å². The van der Waals surface area contributed by atoms with Crippen LogP contribution in [0.2, 0.25) is 0 Å². The maximum atomic E-state index is 11.8. The fourth-order valence-electron chi connectivity index (χ4n) is 1.86. The minimum atomic E-state index is -0.231. The standard InChI is InChI=1S/C12H17N2O2.BrH/c1-13-7-5-6-11(10-13)16-12(15)14-8-3-2-4-9-14;/h5-7,10H,2-4,8-9H2,1H3;1H/q+1;/p-1. The van der Waals surface area contributed by atoms with Crippen LogP contribution in [0.25, 0.3) is 0 Å². The number of hydrogen-bond acceptors (Lipinski definition) is 2. The predicted octanol–water partition coefficient (Wildman–Crippen LogP) is -1.50. The molecule has 0 aliphatic carbocycles. The maximum Gasteiger partial charge on any atom is 0.415 e. The molecule has 0 aromatic carbocycles. The highest BCUT2D eigenvalue weighted by Crippen LogP contribution is 2.12. The molecule has 1 amide bonds. The average molecular weight is 301 g/mol. The van der Waals surface area contributed by atoms with Crippen molar-refractivity contribution in [2.75, 3.05) is 13.1 Å². The number of piperidine rings is 1. The molecule has 1 aliphatic heterocycles. The van der Waals surface area contributed by atoms with Crippen LogP contribution in [0.4, 0.5) is 4.79 Å². The molecule has 2 rings (SSSR count). The van der Waals surface area contributed by atoms with Crippen LogP contribution in [-0.2, 0) is 7.05 Å². The lowest BCUT2D eigenvalue weighted by Gasteiger charge is -2.25. The zero-order valence-corrected chi connectivity index (χ0v) is 11.5. The second-order valence-corrected chi connectivity index (χ2v) is 4.12. The van der Waals surface area contributed by atoms with E-state index in [1.165, 1.54) is 6.42 Å². The molecule has 0 atom stereocenters. The molecule has 2 heterocycles. The second kappa shape index (κ2) is 6.59. The molecule has 0 saturated carbocycles. The van der Waals surface area contributed by atoms with E-state index in [1.807, 2.05) is 23.9 Å². The first-order valence-electron chi connectivity index (χ1n) is 5.68. The minimum Gasteiger partial charge on any atom is -1.00 e. The number of nitrogens with zero attached hydrogens (tertiary/aromatic N) is 2. The van der Waals surface area contributed by atoms with Crippen molar-refractivity contribution in [2.24, 2.45) is 7.05 Å². The molecule has 1 saturated heterocycles. The first-order chi connectivity index (χ1) is 7.75. The number of hydrogen-bond donors (Lipinski definition) is 0. The summed E-state index contributed by atoms with van der Waals surface area (Å²) in [6.07, 6.45) is 6.84. The van der Waals surface area contributed by atoms with Crippen LogP contribution >= 0.6 is 0 Å². The number of likely N-dealkylation sites (tertiary alicyclic amines) is 1. The van der Waals surface area contributed by atoms with Gasteiger partial charge in [0.25, 0.3) is 0 Å². The summed E-state index contributed by atoms with van der Waals surface area (Å²) >= 11 is 0. The van der Waals surface area contributed by atoms with Crippen LogP contribution in [0.3, 0.4) is 0 Å². The van der Waals surface area contributed by atoms with E-state index in [1.54, 1.807) is 17.2 Å². The van der Waals surface area contributed by atoms with Gasteiger partial charge in [-0.2, -0.15) is 0 Å². The molecule has 1 aromatic heterocycles. The lowest BCUT2D eigenvalue weighted by atomic mass is 10.1. The SMILES string of the molecule is C[n+]1cccc(OC(=O)N2CCCCC2)c1.[Br-]. The molecule has 0 unspecified atom stereocenters. The molecular weight excluding hydrogens is 284 g/mol. The van der Waals surface area contributed by atoms with Crippen molar-refractivity contribution < 1.29 is 31.1 Å². The van der Waals surface area contributed by atoms with Gasteiger partial charge < -0.3 is 26.6 Å². The summed E-state index contributed by atoms with van der Waals surface area (Å²) in [7, 11) is 1.90. The van der Waals surface area contributed by atoms with Gasteiger partial charge in [0, 0.05) is 19.2 Å². The van der Waals surface area contributed by atoms with Crippen molar-refractivity contribution in [2.45, 2.75) is 19.3 Å². The zero-order chi connectivity index (χ0) is 11.4. The number of rotatable bonds is 1. The van der Waals surface area contributed by atoms with Crippen LogP contribution in [0.5, 0.6) is 5.75 Å². The molecule has 94 valence electrons. The Kier molecular flexibility index (Phi) is 5.41. The number of carbonyl (C=O) groups is 1. The van der Waals surface area contributed by atoms with E-state index in [0.29, 0.717) is 5.75 Å². The molecule has 0 spiro atoms. The molecule has 0 radical (unpaired) electrons. The van der Waals surface area contributed by atoms with Gasteiger partial charge in [0.2, 0.25) is 6.20 Å². The summed E-state index contributed by atoms with van der Waals surface area (Å²) in [4.78, 5) is 13.5. The number of aromatic nitrogens is 1.